The Kier molecular flexibility index (Phi) is 11.0. The topological polar surface area (TPSA) is 50.8 Å². The first-order chi connectivity index (χ1) is 7.22. The molecule has 1 aliphatic rings. The quantitative estimate of drug-likeness (QED) is 0.333. The summed E-state index contributed by atoms with van der Waals surface area (Å²) in [5.74, 6) is 0. The molecule has 1 aliphatic heterocycles. The average molecular weight is 258 g/mol. The summed E-state index contributed by atoms with van der Waals surface area (Å²) >= 11 is 0. The monoisotopic (exact) mass is 258 g/mol. The molecule has 3 unspecified atom stereocenters. The Morgan fingerprint density at radius 3 is 2.69 bits per heavy atom. The number of rotatable bonds is 7. The van der Waals surface area contributed by atoms with E-state index in [-0.39, 0.29) is 35.7 Å². The van der Waals surface area contributed by atoms with Crippen molar-refractivity contribution >= 4 is 8.60 Å². The van der Waals surface area contributed by atoms with Crippen LogP contribution in [0.25, 0.3) is 0 Å². The van der Waals surface area contributed by atoms with Gasteiger partial charge >= 0.3 is 29.6 Å². The zero-order chi connectivity index (χ0) is 11.1. The maximum Gasteiger partial charge on any atom is 1.00 e. The minimum atomic E-state index is -1.95. The van der Waals surface area contributed by atoms with Gasteiger partial charge in [0.2, 0.25) is 0 Å². The van der Waals surface area contributed by atoms with Gasteiger partial charge in [0, 0.05) is 0 Å². The Hall–Kier alpha value is 1.27. The summed E-state index contributed by atoms with van der Waals surface area (Å²) in [5.41, 5.74) is 0. The number of hydrogen-bond acceptors (Lipinski definition) is 4. The van der Waals surface area contributed by atoms with Gasteiger partial charge in [-0.25, -0.2) is 0 Å². The Morgan fingerprint density at radius 2 is 2.12 bits per heavy atom. The van der Waals surface area contributed by atoms with Gasteiger partial charge in [-0.2, -0.15) is 0 Å². The van der Waals surface area contributed by atoms with E-state index in [1.807, 2.05) is 6.92 Å². The number of ether oxygens (including phenoxy) is 1. The Labute approximate surface area is 121 Å². The standard InChI is InChI=1S/C10H20O4P.Na/c1-3-4-7-12-15(11)13-8-10-6-5-9(2)14-10;/h9-10H,3-8H2,1-2H3;/q-1;+1. The van der Waals surface area contributed by atoms with Gasteiger partial charge in [0.25, 0.3) is 0 Å². The summed E-state index contributed by atoms with van der Waals surface area (Å²) in [6.45, 7) is 4.99. The van der Waals surface area contributed by atoms with Crippen LogP contribution in [-0.4, -0.2) is 25.4 Å². The number of unbranched alkanes of at least 4 members (excludes halogenated alkanes) is 1. The number of hydrogen-bond donors (Lipinski definition) is 0. The summed E-state index contributed by atoms with van der Waals surface area (Å²) in [6, 6.07) is 0. The molecule has 0 saturated carbocycles. The van der Waals surface area contributed by atoms with Gasteiger partial charge in [-0.3, -0.25) is 0 Å². The molecule has 0 N–H and O–H groups in total. The molecular formula is C10H20NaO4P. The average Bonchev–Trinajstić information content (AvgIpc) is 2.62. The van der Waals surface area contributed by atoms with Gasteiger partial charge in [0.1, 0.15) is 0 Å². The second kappa shape index (κ2) is 10.2. The SMILES string of the molecule is CCCCOP([O-])OCC1CCC(C)O1.[Na+]. The first-order valence-electron chi connectivity index (χ1n) is 5.61. The zero-order valence-electron chi connectivity index (χ0n) is 10.5. The Bertz CT molecular complexity index is 173. The van der Waals surface area contributed by atoms with Gasteiger partial charge in [0.15, 0.2) is 0 Å². The second-order valence-electron chi connectivity index (χ2n) is 3.85. The molecule has 0 aromatic rings. The molecule has 90 valence electrons. The molecule has 1 rings (SSSR count). The largest absolute Gasteiger partial charge is 1.00 e. The van der Waals surface area contributed by atoms with Gasteiger partial charge in [-0.1, -0.05) is 13.3 Å². The van der Waals surface area contributed by atoms with Crippen LogP contribution in [0.3, 0.4) is 0 Å². The van der Waals surface area contributed by atoms with Gasteiger partial charge in [0.05, 0.1) is 34.0 Å². The Balaban J connectivity index is 0.00000225. The van der Waals surface area contributed by atoms with Gasteiger partial charge in [-0.15, -0.1) is 0 Å². The molecule has 0 amide bonds. The van der Waals surface area contributed by atoms with Crippen LogP contribution in [-0.2, 0) is 13.8 Å². The van der Waals surface area contributed by atoms with Crippen molar-refractivity contribution in [2.45, 2.75) is 51.7 Å². The van der Waals surface area contributed by atoms with E-state index in [0.29, 0.717) is 19.3 Å². The van der Waals surface area contributed by atoms with E-state index < -0.39 is 8.60 Å². The minimum Gasteiger partial charge on any atom is -0.786 e. The van der Waals surface area contributed by atoms with E-state index in [1.54, 1.807) is 0 Å². The second-order valence-corrected chi connectivity index (χ2v) is 4.82. The molecule has 0 spiro atoms. The summed E-state index contributed by atoms with van der Waals surface area (Å²) in [4.78, 5) is 11.2. The minimum absolute atomic E-state index is 0. The molecule has 0 bridgehead atoms. The third kappa shape index (κ3) is 7.57. The van der Waals surface area contributed by atoms with E-state index in [1.165, 1.54) is 0 Å². The molecular weight excluding hydrogens is 238 g/mol. The van der Waals surface area contributed by atoms with E-state index in [9.17, 15) is 4.89 Å². The third-order valence-electron chi connectivity index (χ3n) is 2.38. The molecule has 3 atom stereocenters. The molecule has 1 fully saturated rings. The van der Waals surface area contributed by atoms with E-state index in [0.717, 1.165) is 25.7 Å². The summed E-state index contributed by atoms with van der Waals surface area (Å²) in [7, 11) is -1.95. The molecule has 0 aromatic carbocycles. The molecule has 4 nitrogen and oxygen atoms in total. The molecule has 6 heteroatoms. The zero-order valence-corrected chi connectivity index (χ0v) is 13.4. The summed E-state index contributed by atoms with van der Waals surface area (Å²) in [6.07, 6.45) is 4.39. The van der Waals surface area contributed by atoms with Gasteiger partial charge in [-0.05, 0) is 26.2 Å². The first kappa shape index (κ1) is 17.3. The van der Waals surface area contributed by atoms with Crippen LogP contribution in [0.15, 0.2) is 0 Å². The molecule has 1 heterocycles. The van der Waals surface area contributed by atoms with Crippen molar-refractivity contribution in [2.24, 2.45) is 0 Å². The predicted octanol–water partition coefficient (Wildman–Crippen LogP) is -1.02. The molecule has 0 aliphatic carbocycles. The third-order valence-corrected chi connectivity index (χ3v) is 3.13. The maximum atomic E-state index is 11.2. The van der Waals surface area contributed by atoms with E-state index in [4.69, 9.17) is 13.8 Å². The van der Waals surface area contributed by atoms with Crippen LogP contribution < -0.4 is 34.5 Å². The van der Waals surface area contributed by atoms with Crippen molar-refractivity contribution in [3.8, 4) is 0 Å². The fourth-order valence-corrected chi connectivity index (χ4v) is 2.11. The predicted molar refractivity (Wildman–Crippen MR) is 57.3 cm³/mol. The summed E-state index contributed by atoms with van der Waals surface area (Å²) in [5, 5.41) is 0. The smallest absolute Gasteiger partial charge is 0.786 e. The van der Waals surface area contributed by atoms with Crippen molar-refractivity contribution in [2.75, 3.05) is 13.2 Å². The summed E-state index contributed by atoms with van der Waals surface area (Å²) < 4.78 is 15.6. The van der Waals surface area contributed by atoms with Crippen molar-refractivity contribution in [3.63, 3.8) is 0 Å². The van der Waals surface area contributed by atoms with Crippen molar-refractivity contribution in [1.82, 2.24) is 0 Å². The van der Waals surface area contributed by atoms with Crippen LogP contribution in [0, 0.1) is 0 Å². The van der Waals surface area contributed by atoms with E-state index >= 15 is 0 Å². The molecule has 0 aromatic heterocycles. The van der Waals surface area contributed by atoms with Crippen LogP contribution in [0.2, 0.25) is 0 Å². The van der Waals surface area contributed by atoms with Crippen molar-refractivity contribution < 1.29 is 48.2 Å². The van der Waals surface area contributed by atoms with Crippen LogP contribution in [0.5, 0.6) is 0 Å². The molecule has 0 radical (unpaired) electrons. The molecule has 16 heavy (non-hydrogen) atoms. The normalized spacial score (nSPS) is 26.4. The fourth-order valence-electron chi connectivity index (χ4n) is 1.47. The Morgan fingerprint density at radius 1 is 1.38 bits per heavy atom. The maximum absolute atomic E-state index is 11.2. The first-order valence-corrected chi connectivity index (χ1v) is 6.70. The van der Waals surface area contributed by atoms with Crippen LogP contribution >= 0.6 is 8.60 Å². The fraction of sp³-hybridized carbons (Fsp3) is 1.00. The van der Waals surface area contributed by atoms with Crippen molar-refractivity contribution in [1.29, 1.82) is 0 Å². The molecule has 1 saturated heterocycles. The van der Waals surface area contributed by atoms with Crippen LogP contribution in [0.1, 0.15) is 39.5 Å². The van der Waals surface area contributed by atoms with Crippen LogP contribution in [0.4, 0.5) is 0 Å². The van der Waals surface area contributed by atoms with Crippen molar-refractivity contribution in [3.05, 3.63) is 0 Å². The van der Waals surface area contributed by atoms with E-state index in [2.05, 4.69) is 6.92 Å². The van der Waals surface area contributed by atoms with Gasteiger partial charge < -0.3 is 18.7 Å².